The van der Waals surface area contributed by atoms with Crippen molar-refractivity contribution in [2.75, 3.05) is 0 Å². The van der Waals surface area contributed by atoms with Crippen LogP contribution in [-0.2, 0) is 0 Å². The fourth-order valence-electron chi connectivity index (χ4n) is 20.9. The van der Waals surface area contributed by atoms with Gasteiger partial charge in [-0.15, -0.1) is 0 Å². The molecule has 0 aliphatic carbocycles. The van der Waals surface area contributed by atoms with E-state index in [0.29, 0.717) is 0 Å². The quantitative estimate of drug-likeness (QED) is 0.0846. The van der Waals surface area contributed by atoms with Gasteiger partial charge in [-0.3, -0.25) is 0 Å². The molecule has 0 heteroatoms. The van der Waals surface area contributed by atoms with Crippen LogP contribution < -0.4 is 0 Å². The molecule has 0 nitrogen and oxygen atoms in total. The molecular weight excluding hydrogens is 1660 g/mol. The molecule has 0 saturated carbocycles. The summed E-state index contributed by atoms with van der Waals surface area (Å²) in [6.07, 6.45) is 0. The summed E-state index contributed by atoms with van der Waals surface area (Å²) >= 11 is 0. The molecule has 25 aromatic carbocycles. The minimum atomic E-state index is 1.21. The first-order valence-electron chi connectivity index (χ1n) is 47.7. The van der Waals surface area contributed by atoms with Gasteiger partial charge < -0.3 is 0 Å². The summed E-state index contributed by atoms with van der Waals surface area (Å²) in [6.45, 7) is 0. The third kappa shape index (κ3) is 16.6. The van der Waals surface area contributed by atoms with Crippen molar-refractivity contribution in [3.8, 4) is 178 Å². The summed E-state index contributed by atoms with van der Waals surface area (Å²) in [4.78, 5) is 0. The van der Waals surface area contributed by atoms with E-state index in [9.17, 15) is 0 Å². The van der Waals surface area contributed by atoms with Crippen LogP contribution in [0.2, 0.25) is 0 Å². The van der Waals surface area contributed by atoms with E-state index in [1.165, 1.54) is 243 Å². The molecule has 0 atom stereocenters. The highest BCUT2D eigenvalue weighted by Gasteiger charge is 2.27. The Morgan fingerprint density at radius 1 is 0.0652 bits per heavy atom. The van der Waals surface area contributed by atoms with Gasteiger partial charge in [-0.25, -0.2) is 0 Å². The fraction of sp³-hybridized carbons (Fsp3) is 0. The van der Waals surface area contributed by atoms with E-state index in [4.69, 9.17) is 0 Å². The number of fused-ring (bicyclic) bond motifs is 6. The van der Waals surface area contributed by atoms with Crippen LogP contribution in [0.1, 0.15) is 0 Å². The molecular formula is C138H94. The second-order valence-corrected chi connectivity index (χ2v) is 35.4. The maximum absolute atomic E-state index is 2.40. The standard InChI is InChI=1S/2C50H34.C38H26/c1-5-17-35(18-6-1)39-29-31-41(37-21-9-3-10-22-37)47(33-39)49-43-25-13-15-27-45(43)50(46-28-16-14-26-44(46)49)48-34-40(36-19-7-2-8-20-36)30-32-42(48)38-23-11-4-12-24-38;1-5-17-35(18-6-1)39-29-31-45(47(33-39)37-21-9-3-10-22-37)49-41-25-13-15-27-43(41)50(44-28-16-14-26-42(44)49)46-32-30-40(36-19-7-2-8-20-36)34-48(46)38-23-11-4-12-24-38;1-3-13-27(14-4-1)29-17-11-19-31(25-29)37-33-21-7-9-23-35(33)38(36-24-10-8-22-34(36)37)32-20-12-18-30(26-32)28-15-5-2-6-16-28/h2*1-34H;1-26H. The molecule has 0 spiro atoms. The SMILES string of the molecule is c1ccc(-c2ccc(-c3c4ccccc4c(-c4ccc(-c5ccccc5)cc4-c4ccccc4)c4ccccc34)c(-c3ccccc3)c2)cc1.c1ccc(-c2ccc(-c3ccccc3)c(-c3c4ccccc4c(-c4cc(-c5ccccc5)ccc4-c4ccccc4)c4ccccc34)c2)cc1.c1ccc(-c2cccc(-c3c4ccccc4c(-c4cccc(-c5ccccc5)c4)c4ccccc34)c2)cc1. The number of benzene rings is 25. The van der Waals surface area contributed by atoms with Gasteiger partial charge in [-0.05, 0) is 279 Å². The van der Waals surface area contributed by atoms with E-state index < -0.39 is 0 Å². The van der Waals surface area contributed by atoms with Gasteiger partial charge in [0.05, 0.1) is 0 Å². The first-order valence-corrected chi connectivity index (χ1v) is 47.7. The summed E-state index contributed by atoms with van der Waals surface area (Å²) in [5.41, 5.74) is 39.4. The van der Waals surface area contributed by atoms with Crippen molar-refractivity contribution in [2.24, 2.45) is 0 Å². The lowest BCUT2D eigenvalue weighted by Crippen LogP contribution is -1.95. The predicted octanol–water partition coefficient (Wildman–Crippen LogP) is 38.7. The zero-order chi connectivity index (χ0) is 91.9. The summed E-state index contributed by atoms with van der Waals surface area (Å²) in [5.74, 6) is 0. The van der Waals surface area contributed by atoms with Gasteiger partial charge in [-0.2, -0.15) is 0 Å². The molecule has 0 radical (unpaired) electrons. The van der Waals surface area contributed by atoms with E-state index in [0.717, 1.165) is 0 Å². The van der Waals surface area contributed by atoms with Crippen LogP contribution in [0.25, 0.3) is 243 Å². The van der Waals surface area contributed by atoms with E-state index in [1.54, 1.807) is 0 Å². The van der Waals surface area contributed by atoms with Crippen molar-refractivity contribution >= 4 is 64.6 Å². The third-order valence-electron chi connectivity index (χ3n) is 27.2. The Kier molecular flexibility index (Phi) is 23.4. The van der Waals surface area contributed by atoms with Gasteiger partial charge in [-0.1, -0.05) is 534 Å². The molecule has 0 heterocycles. The Hall–Kier alpha value is -17.9. The number of hydrogen-bond donors (Lipinski definition) is 0. The van der Waals surface area contributed by atoms with E-state index in [-0.39, 0.29) is 0 Å². The molecule has 0 N–H and O–H groups in total. The average molecular weight is 1750 g/mol. The van der Waals surface area contributed by atoms with Crippen LogP contribution in [0.3, 0.4) is 0 Å². The summed E-state index contributed by atoms with van der Waals surface area (Å²) in [5, 5.41) is 15.1. The Morgan fingerprint density at radius 2 is 0.210 bits per heavy atom. The van der Waals surface area contributed by atoms with Crippen molar-refractivity contribution in [1.82, 2.24) is 0 Å². The van der Waals surface area contributed by atoms with Crippen LogP contribution >= 0.6 is 0 Å². The maximum Gasteiger partial charge on any atom is -0.00199 e. The second-order valence-electron chi connectivity index (χ2n) is 35.4. The van der Waals surface area contributed by atoms with Gasteiger partial charge in [0.1, 0.15) is 0 Å². The van der Waals surface area contributed by atoms with Gasteiger partial charge >= 0.3 is 0 Å². The van der Waals surface area contributed by atoms with Gasteiger partial charge in [0.25, 0.3) is 0 Å². The van der Waals surface area contributed by atoms with Crippen molar-refractivity contribution in [3.05, 3.63) is 570 Å². The molecule has 138 heavy (non-hydrogen) atoms. The lowest BCUT2D eigenvalue weighted by molar-refractivity contribution is 1.57. The molecule has 0 aliphatic heterocycles. The Labute approximate surface area is 807 Å². The lowest BCUT2D eigenvalue weighted by atomic mass is 9.81. The highest BCUT2D eigenvalue weighted by Crippen LogP contribution is 2.54. The van der Waals surface area contributed by atoms with E-state index >= 15 is 0 Å². The zero-order valence-electron chi connectivity index (χ0n) is 76.3. The Balaban J connectivity index is 0.000000117. The molecule has 0 aromatic heterocycles. The molecule has 25 aromatic rings. The highest BCUT2D eigenvalue weighted by atomic mass is 14.3. The summed E-state index contributed by atoms with van der Waals surface area (Å²) < 4.78 is 0. The van der Waals surface area contributed by atoms with Crippen LogP contribution in [-0.4, -0.2) is 0 Å². The molecule has 0 aliphatic rings. The number of hydrogen-bond acceptors (Lipinski definition) is 0. The van der Waals surface area contributed by atoms with E-state index in [1.807, 2.05) is 0 Å². The monoisotopic (exact) mass is 1750 g/mol. The van der Waals surface area contributed by atoms with Crippen molar-refractivity contribution in [2.45, 2.75) is 0 Å². The smallest absolute Gasteiger partial charge is 0.00199 e. The molecule has 646 valence electrons. The first kappa shape index (κ1) is 84.3. The molecule has 25 rings (SSSR count). The minimum absolute atomic E-state index is 1.21. The fourth-order valence-corrected chi connectivity index (χ4v) is 20.9. The summed E-state index contributed by atoms with van der Waals surface area (Å²) in [7, 11) is 0. The minimum Gasteiger partial charge on any atom is -0.0622 e. The third-order valence-corrected chi connectivity index (χ3v) is 27.2. The van der Waals surface area contributed by atoms with E-state index in [2.05, 4.69) is 570 Å². The van der Waals surface area contributed by atoms with Crippen LogP contribution in [0, 0.1) is 0 Å². The van der Waals surface area contributed by atoms with Gasteiger partial charge in [0, 0.05) is 0 Å². The highest BCUT2D eigenvalue weighted by molar-refractivity contribution is 6.27. The van der Waals surface area contributed by atoms with Crippen LogP contribution in [0.15, 0.2) is 570 Å². The van der Waals surface area contributed by atoms with Crippen molar-refractivity contribution in [1.29, 1.82) is 0 Å². The average Bonchev–Trinajstić information content (AvgIpc) is 0.720. The van der Waals surface area contributed by atoms with Gasteiger partial charge in [0.15, 0.2) is 0 Å². The normalized spacial score (nSPS) is 11.2. The van der Waals surface area contributed by atoms with Crippen LogP contribution in [0.5, 0.6) is 0 Å². The van der Waals surface area contributed by atoms with Crippen molar-refractivity contribution < 1.29 is 0 Å². The summed E-state index contributed by atoms with van der Waals surface area (Å²) in [6, 6.07) is 207. The molecule has 0 bridgehead atoms. The molecule has 0 fully saturated rings. The number of rotatable bonds is 16. The van der Waals surface area contributed by atoms with Crippen molar-refractivity contribution in [3.63, 3.8) is 0 Å². The molecule has 0 unspecified atom stereocenters. The Morgan fingerprint density at radius 3 is 0.428 bits per heavy atom. The Bertz CT molecular complexity index is 8040. The zero-order valence-corrected chi connectivity index (χ0v) is 76.3. The second kappa shape index (κ2) is 38.3. The topological polar surface area (TPSA) is 0 Å². The molecule has 0 amide bonds. The first-order chi connectivity index (χ1) is 68.5. The molecule has 0 saturated heterocycles. The predicted molar refractivity (Wildman–Crippen MR) is 591 cm³/mol. The largest absolute Gasteiger partial charge is 0.0622 e. The lowest BCUT2D eigenvalue weighted by Gasteiger charge is -2.22. The van der Waals surface area contributed by atoms with Gasteiger partial charge in [0.2, 0.25) is 0 Å². The van der Waals surface area contributed by atoms with Crippen LogP contribution in [0.4, 0.5) is 0 Å². The maximum atomic E-state index is 2.40.